The normalized spacial score (nSPS) is 13.2. The van der Waals surface area contributed by atoms with E-state index in [1.54, 1.807) is 0 Å². The molecule has 1 nitrogen and oxygen atoms in total. The number of hydrogen-bond donors (Lipinski definition) is 1. The molecule has 0 saturated heterocycles. The Kier molecular flexibility index (Phi) is 5.06. The van der Waals surface area contributed by atoms with Crippen LogP contribution in [0.2, 0.25) is 0 Å². The highest BCUT2D eigenvalue weighted by Gasteiger charge is 2.30. The van der Waals surface area contributed by atoms with Gasteiger partial charge in [0.05, 0.1) is 5.56 Å². The van der Waals surface area contributed by atoms with Crippen molar-refractivity contribution in [3.8, 4) is 0 Å². The van der Waals surface area contributed by atoms with Crippen LogP contribution in [0, 0.1) is 0 Å². The minimum Gasteiger partial charge on any atom is -0.330 e. The van der Waals surface area contributed by atoms with Gasteiger partial charge in [-0.25, -0.2) is 0 Å². The summed E-state index contributed by atoms with van der Waals surface area (Å²) in [4.78, 5) is 0. The molecule has 2 aromatic rings. The molecule has 5 heteroatoms. The molecular formula is C16H15BrF3N. The van der Waals surface area contributed by atoms with Gasteiger partial charge in [-0.1, -0.05) is 46.3 Å². The summed E-state index contributed by atoms with van der Waals surface area (Å²) in [6.45, 7) is 0.434. The highest BCUT2D eigenvalue weighted by Crippen LogP contribution is 2.31. The summed E-state index contributed by atoms with van der Waals surface area (Å²) in [6.07, 6.45) is -3.69. The first kappa shape index (κ1) is 16.0. The van der Waals surface area contributed by atoms with Crippen molar-refractivity contribution in [2.75, 3.05) is 6.54 Å². The molecular weight excluding hydrogens is 343 g/mol. The lowest BCUT2D eigenvalue weighted by atomic mass is 9.92. The van der Waals surface area contributed by atoms with E-state index < -0.39 is 11.7 Å². The van der Waals surface area contributed by atoms with Gasteiger partial charge in [0.1, 0.15) is 0 Å². The van der Waals surface area contributed by atoms with Crippen molar-refractivity contribution in [2.24, 2.45) is 5.73 Å². The van der Waals surface area contributed by atoms with Crippen molar-refractivity contribution in [3.05, 3.63) is 69.7 Å². The topological polar surface area (TPSA) is 26.0 Å². The van der Waals surface area contributed by atoms with Gasteiger partial charge in [0.25, 0.3) is 0 Å². The average Bonchev–Trinajstić information content (AvgIpc) is 2.45. The summed E-state index contributed by atoms with van der Waals surface area (Å²) in [5, 5.41) is 0. The predicted molar refractivity (Wildman–Crippen MR) is 81.1 cm³/mol. The number of nitrogens with two attached hydrogens (primary N) is 1. The van der Waals surface area contributed by atoms with E-state index in [-0.39, 0.29) is 5.92 Å². The van der Waals surface area contributed by atoms with Crippen molar-refractivity contribution < 1.29 is 13.2 Å². The van der Waals surface area contributed by atoms with Gasteiger partial charge >= 0.3 is 6.18 Å². The Bertz CT molecular complexity index is 593. The van der Waals surface area contributed by atoms with Crippen LogP contribution in [-0.2, 0) is 12.6 Å². The first-order valence-electron chi connectivity index (χ1n) is 6.52. The lowest BCUT2D eigenvalue weighted by Crippen LogP contribution is -2.15. The van der Waals surface area contributed by atoms with Crippen LogP contribution >= 0.6 is 15.9 Å². The maximum absolute atomic E-state index is 12.5. The van der Waals surface area contributed by atoms with Gasteiger partial charge < -0.3 is 5.73 Å². The van der Waals surface area contributed by atoms with Gasteiger partial charge in [0.15, 0.2) is 0 Å². The first-order valence-corrected chi connectivity index (χ1v) is 7.31. The Morgan fingerprint density at radius 3 is 2.14 bits per heavy atom. The molecule has 21 heavy (non-hydrogen) atoms. The molecule has 1 unspecified atom stereocenters. The molecule has 0 radical (unpaired) electrons. The molecule has 2 rings (SSSR count). The van der Waals surface area contributed by atoms with E-state index in [4.69, 9.17) is 5.73 Å². The molecule has 0 saturated carbocycles. The summed E-state index contributed by atoms with van der Waals surface area (Å²) in [6, 6.07) is 13.0. The van der Waals surface area contributed by atoms with Gasteiger partial charge in [-0.05, 0) is 42.3 Å². The van der Waals surface area contributed by atoms with Crippen molar-refractivity contribution >= 4 is 15.9 Å². The van der Waals surface area contributed by atoms with Crippen molar-refractivity contribution in [1.82, 2.24) is 0 Å². The summed E-state index contributed by atoms with van der Waals surface area (Å²) < 4.78 is 38.6. The molecule has 0 aliphatic carbocycles. The Balaban J connectivity index is 2.18. The second kappa shape index (κ2) is 6.62. The molecule has 0 heterocycles. The van der Waals surface area contributed by atoms with E-state index in [2.05, 4.69) is 15.9 Å². The quantitative estimate of drug-likeness (QED) is 0.839. The predicted octanol–water partition coefficient (Wildman–Crippen LogP) is 4.75. The Morgan fingerprint density at radius 1 is 1.00 bits per heavy atom. The van der Waals surface area contributed by atoms with E-state index in [9.17, 15) is 13.2 Å². The zero-order valence-corrected chi connectivity index (χ0v) is 12.8. The highest BCUT2D eigenvalue weighted by molar-refractivity contribution is 9.10. The number of hydrogen-bond acceptors (Lipinski definition) is 1. The zero-order chi connectivity index (χ0) is 15.5. The summed E-state index contributed by atoms with van der Waals surface area (Å²) in [7, 11) is 0. The first-order chi connectivity index (χ1) is 9.91. The fourth-order valence-electron chi connectivity index (χ4n) is 2.24. The van der Waals surface area contributed by atoms with Crippen LogP contribution in [0.15, 0.2) is 53.0 Å². The molecule has 0 aliphatic heterocycles. The van der Waals surface area contributed by atoms with E-state index in [0.29, 0.717) is 13.0 Å². The molecule has 0 aromatic heterocycles. The fraction of sp³-hybridized carbons (Fsp3) is 0.250. The number of benzene rings is 2. The van der Waals surface area contributed by atoms with E-state index in [1.165, 1.54) is 12.1 Å². The van der Waals surface area contributed by atoms with Crippen LogP contribution in [0.1, 0.15) is 22.6 Å². The maximum Gasteiger partial charge on any atom is 0.416 e. The van der Waals surface area contributed by atoms with Crippen LogP contribution in [0.5, 0.6) is 0 Å². The van der Waals surface area contributed by atoms with Crippen molar-refractivity contribution in [1.29, 1.82) is 0 Å². The molecule has 112 valence electrons. The lowest BCUT2D eigenvalue weighted by molar-refractivity contribution is -0.137. The van der Waals surface area contributed by atoms with E-state index >= 15 is 0 Å². The molecule has 0 fully saturated rings. The highest BCUT2D eigenvalue weighted by atomic mass is 79.9. The number of alkyl halides is 3. The SMILES string of the molecule is NCC(Cc1ccc(C(F)(F)F)cc1)c1ccccc1Br. The van der Waals surface area contributed by atoms with Crippen LogP contribution in [0.4, 0.5) is 13.2 Å². The van der Waals surface area contributed by atoms with E-state index in [0.717, 1.165) is 27.7 Å². The fourth-order valence-corrected chi connectivity index (χ4v) is 2.85. The summed E-state index contributed by atoms with van der Waals surface area (Å²) >= 11 is 3.48. The van der Waals surface area contributed by atoms with Gasteiger partial charge in [0, 0.05) is 10.4 Å². The van der Waals surface area contributed by atoms with Crippen LogP contribution < -0.4 is 5.73 Å². The monoisotopic (exact) mass is 357 g/mol. The Morgan fingerprint density at radius 2 is 1.62 bits per heavy atom. The third kappa shape index (κ3) is 4.08. The standard InChI is InChI=1S/C16H15BrF3N/c17-15-4-2-1-3-14(15)12(10-21)9-11-5-7-13(8-6-11)16(18,19)20/h1-8,12H,9-10,21H2. The second-order valence-electron chi connectivity index (χ2n) is 4.85. The van der Waals surface area contributed by atoms with Crippen LogP contribution in [-0.4, -0.2) is 6.54 Å². The van der Waals surface area contributed by atoms with Gasteiger partial charge in [0.2, 0.25) is 0 Å². The Labute approximate surface area is 130 Å². The van der Waals surface area contributed by atoms with Crippen molar-refractivity contribution in [3.63, 3.8) is 0 Å². The molecule has 0 amide bonds. The minimum absolute atomic E-state index is 0.0670. The molecule has 0 bridgehead atoms. The summed E-state index contributed by atoms with van der Waals surface area (Å²) in [5.41, 5.74) is 7.10. The molecule has 1 atom stereocenters. The van der Waals surface area contributed by atoms with Gasteiger partial charge in [-0.2, -0.15) is 13.2 Å². The van der Waals surface area contributed by atoms with E-state index in [1.807, 2.05) is 24.3 Å². The van der Waals surface area contributed by atoms with Crippen LogP contribution in [0.3, 0.4) is 0 Å². The van der Waals surface area contributed by atoms with Gasteiger partial charge in [-0.3, -0.25) is 0 Å². The molecule has 0 aliphatic rings. The minimum atomic E-state index is -4.30. The third-order valence-electron chi connectivity index (χ3n) is 3.39. The zero-order valence-electron chi connectivity index (χ0n) is 11.2. The number of halogens is 4. The third-order valence-corrected chi connectivity index (χ3v) is 4.12. The molecule has 0 spiro atoms. The second-order valence-corrected chi connectivity index (χ2v) is 5.71. The van der Waals surface area contributed by atoms with Crippen molar-refractivity contribution in [2.45, 2.75) is 18.5 Å². The summed E-state index contributed by atoms with van der Waals surface area (Å²) in [5.74, 6) is 0.0670. The largest absolute Gasteiger partial charge is 0.416 e. The number of rotatable bonds is 4. The smallest absolute Gasteiger partial charge is 0.330 e. The Hall–Kier alpha value is -1.33. The lowest BCUT2D eigenvalue weighted by Gasteiger charge is -2.17. The van der Waals surface area contributed by atoms with Gasteiger partial charge in [-0.15, -0.1) is 0 Å². The maximum atomic E-state index is 12.5. The van der Waals surface area contributed by atoms with Crippen LogP contribution in [0.25, 0.3) is 0 Å². The molecule has 2 N–H and O–H groups in total. The average molecular weight is 358 g/mol. The molecule has 2 aromatic carbocycles.